The quantitative estimate of drug-likeness (QED) is 0.648. The molecule has 1 saturated heterocycles. The number of benzene rings is 1. The Labute approximate surface area is 178 Å². The van der Waals surface area contributed by atoms with Crippen LogP contribution in [0.25, 0.3) is 0 Å². The van der Waals surface area contributed by atoms with E-state index in [0.29, 0.717) is 37.4 Å². The highest BCUT2D eigenvalue weighted by Crippen LogP contribution is 2.32. The Morgan fingerprint density at radius 2 is 1.73 bits per heavy atom. The van der Waals surface area contributed by atoms with Crippen LogP contribution in [0.5, 0.6) is 5.75 Å². The Morgan fingerprint density at radius 1 is 1.10 bits per heavy atom. The number of aromatic nitrogens is 1. The third kappa shape index (κ3) is 3.79. The van der Waals surface area contributed by atoms with E-state index >= 15 is 0 Å². The summed E-state index contributed by atoms with van der Waals surface area (Å²) in [6, 6.07) is 7.71. The molecule has 164 valence electrons. The van der Waals surface area contributed by atoms with Crippen molar-refractivity contribution in [3.05, 3.63) is 41.2 Å². The number of anilines is 1. The molecule has 1 aromatic carbocycles. The van der Waals surface area contributed by atoms with Gasteiger partial charge in [-0.25, -0.2) is 13.2 Å². The first kappa shape index (κ1) is 22.2. The molecule has 30 heavy (non-hydrogen) atoms. The van der Waals surface area contributed by atoms with Gasteiger partial charge in [0.05, 0.1) is 19.4 Å². The average Bonchev–Trinajstić information content (AvgIpc) is 2.97. The summed E-state index contributed by atoms with van der Waals surface area (Å²) in [6.07, 6.45) is 0. The van der Waals surface area contributed by atoms with E-state index in [1.807, 2.05) is 24.3 Å². The van der Waals surface area contributed by atoms with Crippen LogP contribution in [0.4, 0.5) is 5.69 Å². The van der Waals surface area contributed by atoms with E-state index in [-0.39, 0.29) is 17.2 Å². The van der Waals surface area contributed by atoms with Gasteiger partial charge < -0.3 is 18.9 Å². The van der Waals surface area contributed by atoms with Gasteiger partial charge in [-0.1, -0.05) is 12.1 Å². The van der Waals surface area contributed by atoms with Crippen molar-refractivity contribution >= 4 is 21.7 Å². The number of carbonyl (C=O) groups is 1. The molecule has 3 rings (SSSR count). The van der Waals surface area contributed by atoms with Gasteiger partial charge in [-0.05, 0) is 32.9 Å². The molecular formula is C21H29N3O5S. The third-order valence-electron chi connectivity index (χ3n) is 5.59. The number of rotatable bonds is 6. The number of sulfonamides is 1. The molecule has 0 aliphatic carbocycles. The number of piperazine rings is 1. The first-order valence-corrected chi connectivity index (χ1v) is 11.4. The molecule has 0 radical (unpaired) electrons. The van der Waals surface area contributed by atoms with Gasteiger partial charge in [-0.3, -0.25) is 0 Å². The van der Waals surface area contributed by atoms with E-state index < -0.39 is 16.0 Å². The number of hydrogen-bond donors (Lipinski definition) is 0. The van der Waals surface area contributed by atoms with Crippen molar-refractivity contribution in [3.8, 4) is 5.75 Å². The predicted octanol–water partition coefficient (Wildman–Crippen LogP) is 2.34. The molecule has 0 unspecified atom stereocenters. The largest absolute Gasteiger partial charge is 0.495 e. The fourth-order valence-corrected chi connectivity index (χ4v) is 5.91. The van der Waals surface area contributed by atoms with Crippen LogP contribution in [0.3, 0.4) is 0 Å². The number of carbonyl (C=O) groups excluding carboxylic acids is 1. The molecule has 0 spiro atoms. The van der Waals surface area contributed by atoms with Crippen LogP contribution in [0.1, 0.15) is 28.7 Å². The molecule has 1 aliphatic rings. The lowest BCUT2D eigenvalue weighted by atomic mass is 10.2. The van der Waals surface area contributed by atoms with Crippen LogP contribution in [0.15, 0.2) is 29.2 Å². The Hall–Kier alpha value is -2.52. The smallest absolute Gasteiger partial charge is 0.355 e. The summed E-state index contributed by atoms with van der Waals surface area (Å²) in [7, 11) is -0.434. The van der Waals surface area contributed by atoms with Gasteiger partial charge in [-0.2, -0.15) is 4.31 Å². The Bertz CT molecular complexity index is 1040. The Kier molecular flexibility index (Phi) is 6.42. The van der Waals surface area contributed by atoms with Crippen molar-refractivity contribution in [2.75, 3.05) is 44.8 Å². The van der Waals surface area contributed by atoms with Crippen molar-refractivity contribution in [1.82, 2.24) is 8.87 Å². The molecule has 0 amide bonds. The number of ether oxygens (including phenoxy) is 2. The Morgan fingerprint density at radius 3 is 2.33 bits per heavy atom. The summed E-state index contributed by atoms with van der Waals surface area (Å²) >= 11 is 0. The van der Waals surface area contributed by atoms with Crippen molar-refractivity contribution < 1.29 is 22.7 Å². The first-order valence-electron chi connectivity index (χ1n) is 9.95. The molecule has 2 heterocycles. The molecule has 0 N–H and O–H groups in total. The number of nitrogens with zero attached hydrogens (tertiary/aromatic N) is 3. The summed E-state index contributed by atoms with van der Waals surface area (Å²) in [6.45, 7) is 7.14. The summed E-state index contributed by atoms with van der Waals surface area (Å²) in [5.41, 5.74) is 2.19. The van der Waals surface area contributed by atoms with Gasteiger partial charge in [0.15, 0.2) is 0 Å². The van der Waals surface area contributed by atoms with E-state index in [9.17, 15) is 13.2 Å². The zero-order valence-electron chi connectivity index (χ0n) is 18.1. The number of methoxy groups -OCH3 is 1. The summed E-state index contributed by atoms with van der Waals surface area (Å²) < 4.78 is 40.6. The lowest BCUT2D eigenvalue weighted by Gasteiger charge is -2.36. The maximum atomic E-state index is 13.5. The van der Waals surface area contributed by atoms with Crippen LogP contribution >= 0.6 is 0 Å². The van der Waals surface area contributed by atoms with Crippen LogP contribution in [-0.4, -0.2) is 63.2 Å². The highest BCUT2D eigenvalue weighted by atomic mass is 32.2. The lowest BCUT2D eigenvalue weighted by Crippen LogP contribution is -2.48. The fraction of sp³-hybridized carbons (Fsp3) is 0.476. The zero-order valence-corrected chi connectivity index (χ0v) is 19.0. The molecule has 0 saturated carbocycles. The highest BCUT2D eigenvalue weighted by Gasteiger charge is 2.35. The van der Waals surface area contributed by atoms with Crippen LogP contribution in [-0.2, 0) is 21.8 Å². The second-order valence-electron chi connectivity index (χ2n) is 7.23. The Balaban J connectivity index is 1.86. The van der Waals surface area contributed by atoms with Gasteiger partial charge in [0.25, 0.3) is 0 Å². The van der Waals surface area contributed by atoms with Crippen molar-refractivity contribution in [2.24, 2.45) is 7.05 Å². The second-order valence-corrected chi connectivity index (χ2v) is 9.11. The molecule has 1 aliphatic heterocycles. The number of hydrogen-bond acceptors (Lipinski definition) is 6. The minimum Gasteiger partial charge on any atom is -0.495 e. The van der Waals surface area contributed by atoms with Crippen molar-refractivity contribution in [1.29, 1.82) is 0 Å². The van der Waals surface area contributed by atoms with E-state index in [0.717, 1.165) is 11.4 Å². The monoisotopic (exact) mass is 435 g/mol. The standard InChI is InChI=1S/C21H29N3O5S/c1-6-29-21(25)19-15(2)20(16(3)22(19)4)30(26,27)24-13-11-23(12-14-24)17-9-7-8-10-18(17)28-5/h7-10H,6,11-14H2,1-5H3. The zero-order chi connectivity index (χ0) is 22.1. The molecule has 8 nitrogen and oxygen atoms in total. The normalized spacial score (nSPS) is 15.3. The maximum absolute atomic E-state index is 13.5. The molecule has 9 heteroatoms. The SMILES string of the molecule is CCOC(=O)c1c(C)c(S(=O)(=O)N2CCN(c3ccccc3OC)CC2)c(C)n1C. The minimum absolute atomic E-state index is 0.193. The van der Waals surface area contributed by atoms with Gasteiger partial charge in [0.2, 0.25) is 10.0 Å². The van der Waals surface area contributed by atoms with Crippen LogP contribution < -0.4 is 9.64 Å². The number of esters is 1. The van der Waals surface area contributed by atoms with E-state index in [2.05, 4.69) is 4.90 Å². The predicted molar refractivity (Wildman–Crippen MR) is 115 cm³/mol. The van der Waals surface area contributed by atoms with Crippen molar-refractivity contribution in [2.45, 2.75) is 25.7 Å². The summed E-state index contributed by atoms with van der Waals surface area (Å²) in [5.74, 6) is 0.255. The van der Waals surface area contributed by atoms with Gasteiger partial charge >= 0.3 is 5.97 Å². The van der Waals surface area contributed by atoms with Gasteiger partial charge in [0, 0.05) is 44.5 Å². The topological polar surface area (TPSA) is 81.1 Å². The average molecular weight is 436 g/mol. The molecular weight excluding hydrogens is 406 g/mol. The molecule has 0 bridgehead atoms. The van der Waals surface area contributed by atoms with E-state index in [1.165, 1.54) is 4.31 Å². The van der Waals surface area contributed by atoms with E-state index in [4.69, 9.17) is 9.47 Å². The highest BCUT2D eigenvalue weighted by molar-refractivity contribution is 7.89. The van der Waals surface area contributed by atoms with Crippen LogP contribution in [0, 0.1) is 13.8 Å². The minimum atomic E-state index is -3.75. The fourth-order valence-electron chi connectivity index (χ4n) is 4.01. The second kappa shape index (κ2) is 8.69. The van der Waals surface area contributed by atoms with Crippen molar-refractivity contribution in [3.63, 3.8) is 0 Å². The summed E-state index contributed by atoms with van der Waals surface area (Å²) in [4.78, 5) is 14.7. The number of para-hydroxylation sites is 2. The first-order chi connectivity index (χ1) is 14.2. The van der Waals surface area contributed by atoms with Gasteiger partial charge in [0.1, 0.15) is 16.3 Å². The van der Waals surface area contributed by atoms with Crippen LogP contribution in [0.2, 0.25) is 0 Å². The molecule has 0 atom stereocenters. The lowest BCUT2D eigenvalue weighted by molar-refractivity contribution is 0.0514. The third-order valence-corrected chi connectivity index (χ3v) is 7.76. The molecule has 1 aromatic heterocycles. The molecule has 2 aromatic rings. The molecule has 1 fully saturated rings. The summed E-state index contributed by atoms with van der Waals surface area (Å²) in [5, 5.41) is 0. The maximum Gasteiger partial charge on any atom is 0.355 e. The van der Waals surface area contributed by atoms with E-state index in [1.54, 1.807) is 39.5 Å². The van der Waals surface area contributed by atoms with Gasteiger partial charge in [-0.15, -0.1) is 0 Å².